The van der Waals surface area contributed by atoms with Crippen LogP contribution < -0.4 is 8.92 Å². The molecule has 1 heterocycles. The molecule has 1 aliphatic heterocycles. The van der Waals surface area contributed by atoms with Crippen LogP contribution in [-0.4, -0.2) is 32.1 Å². The van der Waals surface area contributed by atoms with Gasteiger partial charge in [0.2, 0.25) is 0 Å². The molecule has 2 aromatic rings. The third kappa shape index (κ3) is 3.85. The third-order valence-electron chi connectivity index (χ3n) is 5.39. The summed E-state index contributed by atoms with van der Waals surface area (Å²) in [5, 5.41) is 10.3. The second kappa shape index (κ2) is 7.88. The first-order valence-electron chi connectivity index (χ1n) is 9.51. The molecule has 1 aliphatic rings. The molecule has 0 saturated heterocycles. The summed E-state index contributed by atoms with van der Waals surface area (Å²) in [7, 11) is -4.70. The molecule has 3 rings (SSSR count). The Morgan fingerprint density at radius 3 is 2.19 bits per heavy atom. The van der Waals surface area contributed by atoms with Gasteiger partial charge in [-0.05, 0) is 18.6 Å². The number of hydrogen-bond donors (Lipinski definition) is 1. The fourth-order valence-corrected chi connectivity index (χ4v) is 4.14. The van der Waals surface area contributed by atoms with Crippen LogP contribution in [0.25, 0.3) is 0 Å². The number of benzene rings is 2. The van der Waals surface area contributed by atoms with E-state index in [1.165, 1.54) is 19.2 Å². The van der Waals surface area contributed by atoms with Crippen molar-refractivity contribution in [2.24, 2.45) is 0 Å². The van der Waals surface area contributed by atoms with Crippen molar-refractivity contribution in [2.75, 3.05) is 7.11 Å². The Kier molecular flexibility index (Phi) is 5.83. The van der Waals surface area contributed by atoms with E-state index in [1.54, 1.807) is 13.0 Å². The van der Waals surface area contributed by atoms with Crippen LogP contribution in [0.3, 0.4) is 0 Å². The minimum absolute atomic E-state index is 0.0858. The number of halogens is 3. The Balaban J connectivity index is 2.21. The largest absolute Gasteiger partial charge is 0.534 e. The van der Waals surface area contributed by atoms with Gasteiger partial charge >= 0.3 is 21.6 Å². The molecular weight excluding hydrogens is 453 g/mol. The summed E-state index contributed by atoms with van der Waals surface area (Å²) in [6.07, 6.45) is -0.223. The summed E-state index contributed by atoms with van der Waals surface area (Å²) in [6, 6.07) is 5.64. The van der Waals surface area contributed by atoms with Crippen molar-refractivity contribution in [3.63, 3.8) is 0 Å². The smallest absolute Gasteiger partial charge is 0.508 e. The average molecular weight is 474 g/mol. The maximum Gasteiger partial charge on any atom is 0.534 e. The number of carbonyl (C=O) groups is 1. The highest BCUT2D eigenvalue weighted by Gasteiger charge is 2.49. The van der Waals surface area contributed by atoms with E-state index in [0.29, 0.717) is 11.1 Å². The van der Waals surface area contributed by atoms with Crippen LogP contribution in [0.15, 0.2) is 24.3 Å². The van der Waals surface area contributed by atoms with E-state index in [0.717, 1.165) is 6.07 Å². The van der Waals surface area contributed by atoms with E-state index in [1.807, 2.05) is 13.8 Å². The zero-order valence-electron chi connectivity index (χ0n) is 17.7. The molecular formula is C21H21F3O7S. The minimum Gasteiger partial charge on any atom is -0.508 e. The Morgan fingerprint density at radius 1 is 1.09 bits per heavy atom. The van der Waals surface area contributed by atoms with Gasteiger partial charge in [-0.25, -0.2) is 0 Å². The normalized spacial score (nSPS) is 14.7. The van der Waals surface area contributed by atoms with Gasteiger partial charge < -0.3 is 18.8 Å². The summed E-state index contributed by atoms with van der Waals surface area (Å²) >= 11 is 0. The van der Waals surface area contributed by atoms with Gasteiger partial charge in [-0.15, -0.1) is 0 Å². The molecule has 11 heteroatoms. The van der Waals surface area contributed by atoms with Crippen LogP contribution in [0.5, 0.6) is 23.0 Å². The molecule has 7 nitrogen and oxygen atoms in total. The maximum absolute atomic E-state index is 12.9. The molecule has 0 radical (unpaired) electrons. The van der Waals surface area contributed by atoms with Crippen molar-refractivity contribution >= 4 is 16.1 Å². The van der Waals surface area contributed by atoms with Crippen molar-refractivity contribution in [3.05, 3.63) is 46.5 Å². The fraction of sp³-hybridized carbons (Fsp3) is 0.381. The molecule has 0 aliphatic carbocycles. The highest BCUT2D eigenvalue weighted by molar-refractivity contribution is 7.88. The van der Waals surface area contributed by atoms with Crippen LogP contribution in [0, 0.1) is 0 Å². The quantitative estimate of drug-likeness (QED) is 0.391. The lowest BCUT2D eigenvalue weighted by Crippen LogP contribution is -2.29. The van der Waals surface area contributed by atoms with E-state index >= 15 is 0 Å². The molecule has 0 aromatic heterocycles. The number of methoxy groups -OCH3 is 1. The van der Waals surface area contributed by atoms with Gasteiger partial charge in [0.05, 0.1) is 13.5 Å². The van der Waals surface area contributed by atoms with Gasteiger partial charge in [-0.3, -0.25) is 4.79 Å². The Labute approximate surface area is 182 Å². The van der Waals surface area contributed by atoms with Gasteiger partial charge in [0.15, 0.2) is 0 Å². The Bertz CT molecular complexity index is 1180. The number of phenols is 1. The number of carbonyl (C=O) groups excluding carboxylic acids is 1. The summed E-state index contributed by atoms with van der Waals surface area (Å²) in [5.41, 5.74) is -4.91. The molecule has 32 heavy (non-hydrogen) atoms. The van der Waals surface area contributed by atoms with Gasteiger partial charge in [0, 0.05) is 27.7 Å². The SMILES string of the molecule is CCc1c(OS(=O)(=O)C(F)(F)F)ccc2c1Oc1c(ccc(O)c1CC(=O)OC)C2(C)C. The molecule has 2 aromatic carbocycles. The van der Waals surface area contributed by atoms with E-state index in [9.17, 15) is 31.5 Å². The topological polar surface area (TPSA) is 99.1 Å². The van der Waals surface area contributed by atoms with E-state index in [-0.39, 0.29) is 41.2 Å². The molecule has 0 spiro atoms. The number of aromatic hydroxyl groups is 1. The molecule has 0 bridgehead atoms. The number of ether oxygens (including phenoxy) is 2. The number of alkyl halides is 3. The molecule has 0 saturated carbocycles. The number of hydrogen-bond acceptors (Lipinski definition) is 7. The lowest BCUT2D eigenvalue weighted by Gasteiger charge is -2.37. The zero-order chi connectivity index (χ0) is 24.1. The summed E-state index contributed by atoms with van der Waals surface area (Å²) in [5.74, 6) is -1.11. The van der Waals surface area contributed by atoms with Crippen molar-refractivity contribution in [3.8, 4) is 23.0 Å². The van der Waals surface area contributed by atoms with Crippen molar-refractivity contribution in [2.45, 2.75) is 44.5 Å². The average Bonchev–Trinajstić information content (AvgIpc) is 2.68. The van der Waals surface area contributed by atoms with E-state index in [4.69, 9.17) is 4.74 Å². The van der Waals surface area contributed by atoms with Crippen molar-refractivity contribution < 1.29 is 45.1 Å². The first-order valence-corrected chi connectivity index (χ1v) is 10.9. The summed E-state index contributed by atoms with van der Waals surface area (Å²) in [6.45, 7) is 5.27. The van der Waals surface area contributed by atoms with Gasteiger partial charge in [0.1, 0.15) is 23.0 Å². The monoisotopic (exact) mass is 474 g/mol. The summed E-state index contributed by atoms with van der Waals surface area (Å²) < 4.78 is 76.8. The zero-order valence-corrected chi connectivity index (χ0v) is 18.5. The highest BCUT2D eigenvalue weighted by Crippen LogP contribution is 2.53. The number of fused-ring (bicyclic) bond motifs is 2. The third-order valence-corrected chi connectivity index (χ3v) is 6.36. The molecule has 0 unspecified atom stereocenters. The van der Waals surface area contributed by atoms with Crippen LogP contribution in [0.4, 0.5) is 13.2 Å². The van der Waals surface area contributed by atoms with Gasteiger partial charge in [-0.1, -0.05) is 32.9 Å². The van der Waals surface area contributed by atoms with Crippen molar-refractivity contribution in [1.29, 1.82) is 0 Å². The van der Waals surface area contributed by atoms with Crippen molar-refractivity contribution in [1.82, 2.24) is 0 Å². The van der Waals surface area contributed by atoms with Crippen LogP contribution in [0.2, 0.25) is 0 Å². The molecule has 1 N–H and O–H groups in total. The first-order chi connectivity index (χ1) is 14.7. The molecule has 174 valence electrons. The number of rotatable bonds is 5. The number of phenolic OH excluding ortho intramolecular Hbond substituents is 1. The predicted octanol–water partition coefficient (Wildman–Crippen LogP) is 4.33. The van der Waals surface area contributed by atoms with Gasteiger partial charge in [-0.2, -0.15) is 21.6 Å². The maximum atomic E-state index is 12.9. The lowest BCUT2D eigenvalue weighted by molar-refractivity contribution is -0.139. The molecule has 0 fully saturated rings. The van der Waals surface area contributed by atoms with E-state index < -0.39 is 32.8 Å². The van der Waals surface area contributed by atoms with Crippen LogP contribution in [-0.2, 0) is 37.9 Å². The Morgan fingerprint density at radius 2 is 1.66 bits per heavy atom. The second-order valence-corrected chi connectivity index (χ2v) is 9.21. The second-order valence-electron chi connectivity index (χ2n) is 7.68. The number of esters is 1. The fourth-order valence-electron chi connectivity index (χ4n) is 3.66. The predicted molar refractivity (Wildman–Crippen MR) is 107 cm³/mol. The molecule has 0 amide bonds. The standard InChI is InChI=1S/C21H21F3O7S/c1-5-11-16(31-32(27,28)21(22,23)24)9-7-14-18(11)30-19-12(10-17(26)29-4)15(25)8-6-13(19)20(14,2)3/h6-9,25H,5,10H2,1-4H3. The van der Waals surface area contributed by atoms with Crippen LogP contribution >= 0.6 is 0 Å². The van der Waals surface area contributed by atoms with Gasteiger partial charge in [0.25, 0.3) is 0 Å². The minimum atomic E-state index is -5.89. The lowest BCUT2D eigenvalue weighted by atomic mass is 9.74. The Hall–Kier alpha value is -2.95. The first kappa shape index (κ1) is 23.7. The van der Waals surface area contributed by atoms with Crippen LogP contribution in [0.1, 0.15) is 43.0 Å². The van der Waals surface area contributed by atoms with E-state index in [2.05, 4.69) is 8.92 Å². The summed E-state index contributed by atoms with van der Waals surface area (Å²) in [4.78, 5) is 11.9. The highest BCUT2D eigenvalue weighted by atomic mass is 32.2. The molecule has 0 atom stereocenters.